The number of amides is 2. The Labute approximate surface area is 159 Å². The molecular weight excluding hydrogens is 439 g/mol. The van der Waals surface area contributed by atoms with E-state index in [0.29, 0.717) is 29.2 Å². The van der Waals surface area contributed by atoms with Crippen LogP contribution in [0.3, 0.4) is 0 Å². The Bertz CT molecular complexity index is 888. The highest BCUT2D eigenvalue weighted by atomic mass is 79.9. The molecule has 0 atom stereocenters. The first kappa shape index (κ1) is 19.4. The molecule has 0 bridgehead atoms. The molecule has 0 saturated heterocycles. The molecule has 1 aliphatic heterocycles. The van der Waals surface area contributed by atoms with Crippen LogP contribution < -0.4 is 15.0 Å². The van der Waals surface area contributed by atoms with Crippen LogP contribution in [-0.4, -0.2) is 18.9 Å². The summed E-state index contributed by atoms with van der Waals surface area (Å²) in [5.41, 5.74) is 1.28. The largest absolute Gasteiger partial charge is 0.573 e. The SMILES string of the molecule is O=C(NCc1cc(F)cc(OC(F)(F)F)c1)N1CCc2cc(Br)c(F)cc21. The van der Waals surface area contributed by atoms with Crippen molar-refractivity contribution >= 4 is 27.6 Å². The monoisotopic (exact) mass is 450 g/mol. The van der Waals surface area contributed by atoms with E-state index in [4.69, 9.17) is 0 Å². The predicted octanol–water partition coefficient (Wildman–Crippen LogP) is 4.90. The summed E-state index contributed by atoms with van der Waals surface area (Å²) < 4.78 is 68.0. The molecule has 0 saturated carbocycles. The van der Waals surface area contributed by atoms with E-state index >= 15 is 0 Å². The second-order valence-electron chi connectivity index (χ2n) is 5.80. The summed E-state index contributed by atoms with van der Waals surface area (Å²) in [6, 6.07) is 4.80. The molecule has 4 nitrogen and oxygen atoms in total. The van der Waals surface area contributed by atoms with Gasteiger partial charge in [-0.05, 0) is 57.7 Å². The topological polar surface area (TPSA) is 41.6 Å². The molecule has 2 aromatic carbocycles. The molecule has 27 heavy (non-hydrogen) atoms. The quantitative estimate of drug-likeness (QED) is 0.675. The Morgan fingerprint density at radius 2 is 1.93 bits per heavy atom. The van der Waals surface area contributed by atoms with Gasteiger partial charge in [-0.1, -0.05) is 0 Å². The zero-order chi connectivity index (χ0) is 19.8. The Hall–Kier alpha value is -2.36. The number of urea groups is 1. The summed E-state index contributed by atoms with van der Waals surface area (Å²) in [6.45, 7) is 0.0955. The molecule has 0 fully saturated rings. The maximum atomic E-state index is 13.7. The third kappa shape index (κ3) is 4.68. The number of alkyl halides is 3. The smallest absolute Gasteiger partial charge is 0.406 e. The number of nitrogens with one attached hydrogen (secondary N) is 1. The van der Waals surface area contributed by atoms with E-state index < -0.39 is 29.8 Å². The van der Waals surface area contributed by atoms with E-state index in [9.17, 15) is 26.7 Å². The fourth-order valence-electron chi connectivity index (χ4n) is 2.78. The van der Waals surface area contributed by atoms with Crippen molar-refractivity contribution in [3.05, 3.63) is 57.6 Å². The number of carbonyl (C=O) groups excluding carboxylic acids is 1. The minimum absolute atomic E-state index is 0.0870. The summed E-state index contributed by atoms with van der Waals surface area (Å²) >= 11 is 3.08. The Balaban J connectivity index is 1.70. The average Bonchev–Trinajstić information content (AvgIpc) is 2.93. The van der Waals surface area contributed by atoms with Gasteiger partial charge in [-0.15, -0.1) is 13.2 Å². The molecule has 1 heterocycles. The van der Waals surface area contributed by atoms with Crippen molar-refractivity contribution in [2.75, 3.05) is 11.4 Å². The third-order valence-electron chi connectivity index (χ3n) is 3.87. The zero-order valence-electron chi connectivity index (χ0n) is 13.5. The number of carbonyl (C=O) groups is 1. The molecule has 0 spiro atoms. The molecule has 10 heteroatoms. The van der Waals surface area contributed by atoms with Crippen molar-refractivity contribution in [1.82, 2.24) is 5.32 Å². The summed E-state index contributed by atoms with van der Waals surface area (Å²) in [6.07, 6.45) is -4.42. The van der Waals surface area contributed by atoms with E-state index in [0.717, 1.165) is 17.7 Å². The number of anilines is 1. The standard InChI is InChI=1S/C17H12BrF5N2O2/c18-13-5-10-1-2-25(15(10)7-14(13)20)16(26)24-8-9-3-11(19)6-12(4-9)27-17(21,22)23/h3-7H,1-2,8H2,(H,24,26). The maximum absolute atomic E-state index is 13.7. The maximum Gasteiger partial charge on any atom is 0.573 e. The molecule has 0 aromatic heterocycles. The van der Waals surface area contributed by atoms with Crippen LogP contribution in [0.1, 0.15) is 11.1 Å². The molecule has 2 aromatic rings. The number of nitrogens with zero attached hydrogens (tertiary/aromatic N) is 1. The average molecular weight is 451 g/mol. The van der Waals surface area contributed by atoms with Crippen LogP contribution >= 0.6 is 15.9 Å². The van der Waals surface area contributed by atoms with E-state index in [-0.39, 0.29) is 12.1 Å². The van der Waals surface area contributed by atoms with E-state index in [1.165, 1.54) is 11.0 Å². The minimum atomic E-state index is -4.95. The highest BCUT2D eigenvalue weighted by Crippen LogP contribution is 2.32. The summed E-state index contributed by atoms with van der Waals surface area (Å²) in [4.78, 5) is 13.7. The molecule has 144 valence electrons. The van der Waals surface area contributed by atoms with Gasteiger partial charge in [0.25, 0.3) is 0 Å². The summed E-state index contributed by atoms with van der Waals surface area (Å²) in [5, 5.41) is 2.48. The fourth-order valence-corrected chi connectivity index (χ4v) is 3.17. The number of fused-ring (bicyclic) bond motifs is 1. The van der Waals surface area contributed by atoms with Gasteiger partial charge in [0, 0.05) is 19.2 Å². The molecule has 0 aliphatic carbocycles. The van der Waals surface area contributed by atoms with Gasteiger partial charge in [-0.25, -0.2) is 13.6 Å². The molecular formula is C17H12BrF5N2O2. The van der Waals surface area contributed by atoms with Crippen LogP contribution in [0.15, 0.2) is 34.8 Å². The van der Waals surface area contributed by atoms with Crippen molar-refractivity contribution in [3.63, 3.8) is 0 Å². The lowest BCUT2D eigenvalue weighted by molar-refractivity contribution is -0.274. The molecule has 1 aliphatic rings. The molecule has 0 radical (unpaired) electrons. The van der Waals surface area contributed by atoms with Gasteiger partial charge in [0.2, 0.25) is 0 Å². The highest BCUT2D eigenvalue weighted by molar-refractivity contribution is 9.10. The number of halogens is 6. The van der Waals surface area contributed by atoms with Gasteiger partial charge in [0.05, 0.1) is 10.2 Å². The van der Waals surface area contributed by atoms with Crippen LogP contribution in [0.4, 0.5) is 32.4 Å². The highest BCUT2D eigenvalue weighted by Gasteiger charge is 2.31. The second-order valence-corrected chi connectivity index (χ2v) is 6.65. The normalized spacial score (nSPS) is 13.5. The number of ether oxygens (including phenoxy) is 1. The number of benzene rings is 2. The van der Waals surface area contributed by atoms with Crippen molar-refractivity contribution in [1.29, 1.82) is 0 Å². The van der Waals surface area contributed by atoms with Crippen LogP contribution in [0, 0.1) is 11.6 Å². The van der Waals surface area contributed by atoms with Gasteiger partial charge in [-0.3, -0.25) is 4.90 Å². The van der Waals surface area contributed by atoms with Crippen LogP contribution in [0.25, 0.3) is 0 Å². The minimum Gasteiger partial charge on any atom is -0.406 e. The molecule has 2 amide bonds. The Morgan fingerprint density at radius 3 is 2.63 bits per heavy atom. The lowest BCUT2D eigenvalue weighted by Gasteiger charge is -2.18. The van der Waals surface area contributed by atoms with E-state index in [1.54, 1.807) is 6.07 Å². The lowest BCUT2D eigenvalue weighted by Crippen LogP contribution is -2.38. The van der Waals surface area contributed by atoms with Gasteiger partial charge < -0.3 is 10.1 Å². The van der Waals surface area contributed by atoms with Gasteiger partial charge in [0.1, 0.15) is 17.4 Å². The number of hydrogen-bond acceptors (Lipinski definition) is 2. The first-order valence-corrected chi connectivity index (χ1v) is 8.50. The van der Waals surface area contributed by atoms with Crippen molar-refractivity contribution in [2.24, 2.45) is 0 Å². The first-order chi connectivity index (χ1) is 12.6. The molecule has 0 unspecified atom stereocenters. The van der Waals surface area contributed by atoms with E-state index in [2.05, 4.69) is 26.0 Å². The van der Waals surface area contributed by atoms with Crippen LogP contribution in [0.2, 0.25) is 0 Å². The van der Waals surface area contributed by atoms with Crippen molar-refractivity contribution in [3.8, 4) is 5.75 Å². The van der Waals surface area contributed by atoms with Gasteiger partial charge in [-0.2, -0.15) is 0 Å². The van der Waals surface area contributed by atoms with Crippen LogP contribution in [-0.2, 0) is 13.0 Å². The first-order valence-electron chi connectivity index (χ1n) is 7.71. The Morgan fingerprint density at radius 1 is 1.19 bits per heavy atom. The predicted molar refractivity (Wildman–Crippen MR) is 90.5 cm³/mol. The Kier molecular flexibility index (Phi) is 5.27. The van der Waals surface area contributed by atoms with Gasteiger partial charge >= 0.3 is 12.4 Å². The van der Waals surface area contributed by atoms with Gasteiger partial charge in [0.15, 0.2) is 0 Å². The molecule has 3 rings (SSSR count). The van der Waals surface area contributed by atoms with Crippen molar-refractivity contribution < 1.29 is 31.5 Å². The summed E-state index contributed by atoms with van der Waals surface area (Å²) in [5.74, 6) is -2.17. The second kappa shape index (κ2) is 7.34. The number of hydrogen-bond donors (Lipinski definition) is 1. The summed E-state index contributed by atoms with van der Waals surface area (Å²) in [7, 11) is 0. The van der Waals surface area contributed by atoms with Crippen LogP contribution in [0.5, 0.6) is 5.75 Å². The molecule has 1 N–H and O–H groups in total. The fraction of sp³-hybridized carbons (Fsp3) is 0.235. The van der Waals surface area contributed by atoms with E-state index in [1.807, 2.05) is 0 Å². The lowest BCUT2D eigenvalue weighted by atomic mass is 10.2. The third-order valence-corrected chi connectivity index (χ3v) is 4.48. The zero-order valence-corrected chi connectivity index (χ0v) is 15.1. The van der Waals surface area contributed by atoms with Crippen molar-refractivity contribution in [2.45, 2.75) is 19.3 Å². The number of rotatable bonds is 3.